The number of nitrogens with one attached hydrogen (secondary N) is 1. The maximum atomic E-state index is 11.2. The van der Waals surface area contributed by atoms with E-state index in [1.54, 1.807) is 12.4 Å². The first-order valence-corrected chi connectivity index (χ1v) is 5.91. The van der Waals surface area contributed by atoms with Crippen molar-refractivity contribution in [2.24, 2.45) is 0 Å². The summed E-state index contributed by atoms with van der Waals surface area (Å²) in [6.45, 7) is 0. The molecule has 0 spiro atoms. The Balaban J connectivity index is 1.83. The number of aromatic nitrogens is 4. The second-order valence-corrected chi connectivity index (χ2v) is 4.00. The summed E-state index contributed by atoms with van der Waals surface area (Å²) in [5.41, 5.74) is 1.08. The maximum Gasteiger partial charge on any atom is 0.321 e. The van der Waals surface area contributed by atoms with Crippen LogP contribution in [0.15, 0.2) is 59.8 Å². The second kappa shape index (κ2) is 5.31. The Bertz CT molecular complexity index is 754. The van der Waals surface area contributed by atoms with Crippen molar-refractivity contribution in [3.8, 4) is 22.9 Å². The first kappa shape index (κ1) is 12.0. The summed E-state index contributed by atoms with van der Waals surface area (Å²) in [5.74, 6) is 0.665. The molecule has 0 saturated heterocycles. The first-order valence-electron chi connectivity index (χ1n) is 5.91. The molecule has 2 aromatic heterocycles. The van der Waals surface area contributed by atoms with E-state index in [-0.39, 0.29) is 11.6 Å². The van der Waals surface area contributed by atoms with E-state index in [2.05, 4.69) is 20.2 Å². The highest BCUT2D eigenvalue weighted by atomic mass is 16.5. The molecule has 0 atom stereocenters. The van der Waals surface area contributed by atoms with E-state index in [1.807, 2.05) is 30.3 Å². The lowest BCUT2D eigenvalue weighted by atomic mass is 10.2. The number of hydrogen-bond donors (Lipinski definition) is 1. The van der Waals surface area contributed by atoms with Gasteiger partial charge in [-0.05, 0) is 12.1 Å². The van der Waals surface area contributed by atoms with Gasteiger partial charge in [-0.15, -0.1) is 0 Å². The molecule has 3 rings (SSSR count). The van der Waals surface area contributed by atoms with Gasteiger partial charge in [0, 0.05) is 29.6 Å². The van der Waals surface area contributed by atoms with E-state index in [1.165, 1.54) is 12.3 Å². The molecule has 6 heteroatoms. The molecule has 0 saturated carbocycles. The molecule has 6 nitrogen and oxygen atoms in total. The van der Waals surface area contributed by atoms with Crippen LogP contribution in [0.3, 0.4) is 0 Å². The van der Waals surface area contributed by atoms with Crippen LogP contribution in [0.4, 0.5) is 0 Å². The van der Waals surface area contributed by atoms with Crippen LogP contribution in [0, 0.1) is 0 Å². The summed E-state index contributed by atoms with van der Waals surface area (Å²) < 4.78 is 5.49. The molecular formula is C14H10N4O2. The number of aromatic amines is 1. The summed E-state index contributed by atoms with van der Waals surface area (Å²) in [6.07, 6.45) is 4.71. The summed E-state index contributed by atoms with van der Waals surface area (Å²) in [4.78, 5) is 19.4. The van der Waals surface area contributed by atoms with Crippen molar-refractivity contribution >= 4 is 0 Å². The summed E-state index contributed by atoms with van der Waals surface area (Å²) in [6, 6.07) is 10.9. The molecule has 3 aromatic rings. The molecule has 20 heavy (non-hydrogen) atoms. The highest BCUT2D eigenvalue weighted by molar-refractivity contribution is 5.59. The monoisotopic (exact) mass is 266 g/mol. The predicted molar refractivity (Wildman–Crippen MR) is 72.4 cm³/mol. The van der Waals surface area contributed by atoms with Gasteiger partial charge in [0.2, 0.25) is 0 Å². The van der Waals surface area contributed by atoms with Gasteiger partial charge < -0.3 is 4.74 Å². The molecular weight excluding hydrogens is 256 g/mol. The smallest absolute Gasteiger partial charge is 0.321 e. The third-order valence-corrected chi connectivity index (χ3v) is 2.58. The normalized spacial score (nSPS) is 10.2. The molecule has 0 aliphatic rings. The Morgan fingerprint density at radius 3 is 2.40 bits per heavy atom. The van der Waals surface area contributed by atoms with E-state index >= 15 is 0 Å². The fourth-order valence-electron chi connectivity index (χ4n) is 1.65. The van der Waals surface area contributed by atoms with Crippen molar-refractivity contribution in [3.05, 3.63) is 65.3 Å². The minimum Gasteiger partial charge on any atom is -0.424 e. The molecule has 0 radical (unpaired) electrons. The zero-order chi connectivity index (χ0) is 13.8. The van der Waals surface area contributed by atoms with Gasteiger partial charge in [0.15, 0.2) is 0 Å². The van der Waals surface area contributed by atoms with Gasteiger partial charge in [-0.25, -0.2) is 15.1 Å². The van der Waals surface area contributed by atoms with E-state index < -0.39 is 0 Å². The van der Waals surface area contributed by atoms with Crippen LogP contribution in [0.2, 0.25) is 0 Å². The quantitative estimate of drug-likeness (QED) is 0.784. The van der Waals surface area contributed by atoms with E-state index in [9.17, 15) is 4.79 Å². The molecule has 0 unspecified atom stereocenters. The Kier molecular flexibility index (Phi) is 3.20. The Morgan fingerprint density at radius 2 is 1.70 bits per heavy atom. The standard InChI is InChI=1S/C14H10N4O2/c19-13-6-10(9-17-18-13)11-7-15-14(16-8-11)20-12-4-2-1-3-5-12/h1-9H,(H,18,19). The molecule has 0 aliphatic carbocycles. The van der Waals surface area contributed by atoms with Crippen LogP contribution in [0.25, 0.3) is 11.1 Å². The number of hydrogen-bond acceptors (Lipinski definition) is 5. The number of benzene rings is 1. The average Bonchev–Trinajstić information content (AvgIpc) is 2.49. The molecule has 0 fully saturated rings. The fourth-order valence-corrected chi connectivity index (χ4v) is 1.65. The maximum absolute atomic E-state index is 11.2. The molecule has 0 amide bonds. The van der Waals surface area contributed by atoms with Crippen molar-refractivity contribution in [2.45, 2.75) is 0 Å². The lowest BCUT2D eigenvalue weighted by Gasteiger charge is -2.04. The predicted octanol–water partition coefficient (Wildman–Crippen LogP) is 2.02. The SMILES string of the molecule is O=c1cc(-c2cnc(Oc3ccccc3)nc2)cn[nH]1. The lowest BCUT2D eigenvalue weighted by molar-refractivity contribution is 0.442. The third kappa shape index (κ3) is 2.69. The fraction of sp³-hybridized carbons (Fsp3) is 0. The highest BCUT2D eigenvalue weighted by Crippen LogP contribution is 2.19. The molecule has 1 aromatic carbocycles. The summed E-state index contributed by atoms with van der Waals surface area (Å²) >= 11 is 0. The van der Waals surface area contributed by atoms with E-state index in [0.29, 0.717) is 16.9 Å². The molecule has 98 valence electrons. The second-order valence-electron chi connectivity index (χ2n) is 4.00. The zero-order valence-corrected chi connectivity index (χ0v) is 10.4. The van der Waals surface area contributed by atoms with Gasteiger partial charge >= 0.3 is 6.01 Å². The largest absolute Gasteiger partial charge is 0.424 e. The van der Waals surface area contributed by atoms with Crippen LogP contribution in [0.5, 0.6) is 11.8 Å². The van der Waals surface area contributed by atoms with Gasteiger partial charge in [0.25, 0.3) is 5.56 Å². The third-order valence-electron chi connectivity index (χ3n) is 2.58. The van der Waals surface area contributed by atoms with Crippen LogP contribution >= 0.6 is 0 Å². The summed E-state index contributed by atoms with van der Waals surface area (Å²) in [7, 11) is 0. The number of rotatable bonds is 3. The van der Waals surface area contributed by atoms with E-state index in [0.717, 1.165) is 0 Å². The van der Waals surface area contributed by atoms with E-state index in [4.69, 9.17) is 4.74 Å². The van der Waals surface area contributed by atoms with Gasteiger partial charge in [-0.3, -0.25) is 4.79 Å². The van der Waals surface area contributed by atoms with Gasteiger partial charge in [-0.1, -0.05) is 18.2 Å². The minimum absolute atomic E-state index is 0.248. The van der Waals surface area contributed by atoms with Crippen molar-refractivity contribution in [3.63, 3.8) is 0 Å². The minimum atomic E-state index is -0.271. The van der Waals surface area contributed by atoms with Gasteiger partial charge in [-0.2, -0.15) is 5.10 Å². The molecule has 2 heterocycles. The molecule has 1 N–H and O–H groups in total. The molecule has 0 aliphatic heterocycles. The number of ether oxygens (including phenoxy) is 1. The molecule has 0 bridgehead atoms. The topological polar surface area (TPSA) is 80.8 Å². The Morgan fingerprint density at radius 1 is 0.950 bits per heavy atom. The average molecular weight is 266 g/mol. The number of nitrogens with zero attached hydrogens (tertiary/aromatic N) is 3. The number of H-pyrrole nitrogens is 1. The number of para-hydroxylation sites is 1. The first-order chi connectivity index (χ1) is 9.81. The van der Waals surface area contributed by atoms with Crippen molar-refractivity contribution in [2.75, 3.05) is 0 Å². The van der Waals surface area contributed by atoms with Crippen LogP contribution < -0.4 is 10.3 Å². The Labute approximate surface area is 114 Å². The Hall–Kier alpha value is -3.02. The van der Waals surface area contributed by atoms with Crippen LogP contribution in [-0.4, -0.2) is 20.2 Å². The van der Waals surface area contributed by atoms with Gasteiger partial charge in [0.05, 0.1) is 6.20 Å². The van der Waals surface area contributed by atoms with Crippen molar-refractivity contribution in [1.82, 2.24) is 20.2 Å². The van der Waals surface area contributed by atoms with Gasteiger partial charge in [0.1, 0.15) is 5.75 Å². The van der Waals surface area contributed by atoms with Crippen molar-refractivity contribution in [1.29, 1.82) is 0 Å². The lowest BCUT2D eigenvalue weighted by Crippen LogP contribution is -2.05. The summed E-state index contributed by atoms with van der Waals surface area (Å²) in [5, 5.41) is 6.04. The van der Waals surface area contributed by atoms with Crippen LogP contribution in [0.1, 0.15) is 0 Å². The van der Waals surface area contributed by atoms with Crippen molar-refractivity contribution < 1.29 is 4.74 Å². The van der Waals surface area contributed by atoms with Crippen LogP contribution in [-0.2, 0) is 0 Å². The highest BCUT2D eigenvalue weighted by Gasteiger charge is 2.03. The zero-order valence-electron chi connectivity index (χ0n) is 10.4.